The summed E-state index contributed by atoms with van der Waals surface area (Å²) in [6.45, 7) is 5.03. The summed E-state index contributed by atoms with van der Waals surface area (Å²) in [5.41, 5.74) is 3.57. The zero-order valence-electron chi connectivity index (χ0n) is 14.3. The minimum absolute atomic E-state index is 0.00268. The lowest BCUT2D eigenvalue weighted by molar-refractivity contribution is 0.0315. The van der Waals surface area contributed by atoms with E-state index in [-0.39, 0.29) is 11.8 Å². The van der Waals surface area contributed by atoms with Crippen molar-refractivity contribution < 1.29 is 13.2 Å². The summed E-state index contributed by atoms with van der Waals surface area (Å²) in [5, 5.41) is 4.43. The zero-order chi connectivity index (χ0) is 17.3. The Morgan fingerprint density at radius 2 is 1.96 bits per heavy atom. The molecule has 0 amide bonds. The number of aromatic nitrogens is 2. The number of ether oxygens (including phenoxy) is 1. The standard InChI is InChI=1S/C17H23N3O3S/c1-13-17(14(2)19(3)18-13)16-11-23-10-9-20(16)24(21,22)12-15-7-5-4-6-8-15/h4-8,16H,9-12H2,1-3H3. The molecule has 1 saturated heterocycles. The molecule has 2 aromatic rings. The molecule has 0 N–H and O–H groups in total. The summed E-state index contributed by atoms with van der Waals surface area (Å²) in [4.78, 5) is 0. The molecule has 0 radical (unpaired) electrons. The van der Waals surface area contributed by atoms with Gasteiger partial charge in [-0.05, 0) is 19.4 Å². The molecule has 2 heterocycles. The third kappa shape index (κ3) is 3.24. The Hall–Kier alpha value is -1.70. The molecule has 3 rings (SSSR count). The van der Waals surface area contributed by atoms with Crippen LogP contribution in [0.1, 0.15) is 28.6 Å². The molecular weight excluding hydrogens is 326 g/mol. The third-order valence-corrected chi connectivity index (χ3v) is 6.38. The molecule has 130 valence electrons. The fraction of sp³-hybridized carbons (Fsp3) is 0.471. The van der Waals surface area contributed by atoms with Crippen molar-refractivity contribution in [1.82, 2.24) is 14.1 Å². The van der Waals surface area contributed by atoms with Gasteiger partial charge in [0.25, 0.3) is 0 Å². The number of hydrogen-bond donors (Lipinski definition) is 0. The molecule has 0 aliphatic carbocycles. The van der Waals surface area contributed by atoms with Gasteiger partial charge in [-0.15, -0.1) is 0 Å². The van der Waals surface area contributed by atoms with Crippen molar-refractivity contribution in [1.29, 1.82) is 0 Å². The van der Waals surface area contributed by atoms with Crippen molar-refractivity contribution in [2.75, 3.05) is 19.8 Å². The molecule has 0 spiro atoms. The molecule has 6 nitrogen and oxygen atoms in total. The fourth-order valence-electron chi connectivity index (χ4n) is 3.29. The van der Waals surface area contributed by atoms with Crippen LogP contribution in [-0.2, 0) is 27.6 Å². The van der Waals surface area contributed by atoms with Crippen LogP contribution in [0.5, 0.6) is 0 Å². The fourth-order valence-corrected chi connectivity index (χ4v) is 4.97. The quantitative estimate of drug-likeness (QED) is 0.846. The number of morpholine rings is 1. The number of aryl methyl sites for hydroxylation is 2. The largest absolute Gasteiger partial charge is 0.378 e. The Labute approximate surface area is 143 Å². The predicted molar refractivity (Wildman–Crippen MR) is 92.0 cm³/mol. The number of sulfonamides is 1. The summed E-state index contributed by atoms with van der Waals surface area (Å²) in [5.74, 6) is 0.00268. The molecule has 1 aliphatic rings. The van der Waals surface area contributed by atoms with E-state index in [1.54, 1.807) is 8.99 Å². The van der Waals surface area contributed by atoms with Crippen molar-refractivity contribution in [3.8, 4) is 0 Å². The summed E-state index contributed by atoms with van der Waals surface area (Å²) < 4.78 is 35.0. The SMILES string of the molecule is Cc1nn(C)c(C)c1C1COCCN1S(=O)(=O)Cc1ccccc1. The third-order valence-electron chi connectivity index (χ3n) is 4.53. The maximum absolute atomic E-state index is 13.0. The molecule has 1 fully saturated rings. The van der Waals surface area contributed by atoms with Crippen LogP contribution in [0.4, 0.5) is 0 Å². The first-order chi connectivity index (χ1) is 11.4. The molecule has 1 atom stereocenters. The Morgan fingerprint density at radius 1 is 1.25 bits per heavy atom. The van der Waals surface area contributed by atoms with E-state index in [0.29, 0.717) is 19.8 Å². The van der Waals surface area contributed by atoms with Crippen molar-refractivity contribution in [2.45, 2.75) is 25.6 Å². The second-order valence-electron chi connectivity index (χ2n) is 6.15. The first kappa shape index (κ1) is 17.1. The maximum Gasteiger partial charge on any atom is 0.219 e. The molecule has 1 aromatic heterocycles. The number of rotatable bonds is 4. The van der Waals surface area contributed by atoms with Gasteiger partial charge in [0, 0.05) is 24.8 Å². The van der Waals surface area contributed by atoms with E-state index >= 15 is 0 Å². The van der Waals surface area contributed by atoms with Gasteiger partial charge in [-0.25, -0.2) is 8.42 Å². The van der Waals surface area contributed by atoms with Crippen LogP contribution in [-0.4, -0.2) is 42.3 Å². The molecule has 7 heteroatoms. The van der Waals surface area contributed by atoms with Gasteiger partial charge in [-0.2, -0.15) is 9.40 Å². The number of nitrogens with zero attached hydrogens (tertiary/aromatic N) is 3. The lowest BCUT2D eigenvalue weighted by Crippen LogP contribution is -2.44. The lowest BCUT2D eigenvalue weighted by atomic mass is 10.0. The van der Waals surface area contributed by atoms with Crippen LogP contribution in [0, 0.1) is 13.8 Å². The highest BCUT2D eigenvalue weighted by molar-refractivity contribution is 7.88. The van der Waals surface area contributed by atoms with Crippen molar-refractivity contribution >= 4 is 10.0 Å². The molecule has 1 unspecified atom stereocenters. The minimum Gasteiger partial charge on any atom is -0.378 e. The molecule has 0 bridgehead atoms. The number of hydrogen-bond acceptors (Lipinski definition) is 4. The Morgan fingerprint density at radius 3 is 2.58 bits per heavy atom. The smallest absolute Gasteiger partial charge is 0.219 e. The van der Waals surface area contributed by atoms with E-state index in [1.807, 2.05) is 51.2 Å². The highest BCUT2D eigenvalue weighted by atomic mass is 32.2. The van der Waals surface area contributed by atoms with E-state index in [0.717, 1.165) is 22.5 Å². The first-order valence-electron chi connectivity index (χ1n) is 8.01. The van der Waals surface area contributed by atoms with Gasteiger partial charge in [0.2, 0.25) is 10.0 Å². The molecule has 24 heavy (non-hydrogen) atoms. The first-order valence-corrected chi connectivity index (χ1v) is 9.62. The van der Waals surface area contributed by atoms with Gasteiger partial charge >= 0.3 is 0 Å². The van der Waals surface area contributed by atoms with Crippen LogP contribution < -0.4 is 0 Å². The highest BCUT2D eigenvalue weighted by Gasteiger charge is 2.36. The summed E-state index contributed by atoms with van der Waals surface area (Å²) in [7, 11) is -1.57. The minimum atomic E-state index is -3.44. The normalized spacial score (nSPS) is 19.5. The Balaban J connectivity index is 1.95. The van der Waals surface area contributed by atoms with Gasteiger partial charge < -0.3 is 4.74 Å². The van der Waals surface area contributed by atoms with E-state index < -0.39 is 10.0 Å². The number of benzene rings is 1. The zero-order valence-corrected chi connectivity index (χ0v) is 15.1. The van der Waals surface area contributed by atoms with Gasteiger partial charge in [-0.3, -0.25) is 4.68 Å². The van der Waals surface area contributed by atoms with E-state index in [9.17, 15) is 8.42 Å². The second-order valence-corrected chi connectivity index (χ2v) is 8.07. The highest BCUT2D eigenvalue weighted by Crippen LogP contribution is 2.32. The average molecular weight is 349 g/mol. The van der Waals surface area contributed by atoms with Crippen molar-refractivity contribution in [3.05, 3.63) is 52.8 Å². The van der Waals surface area contributed by atoms with Crippen LogP contribution >= 0.6 is 0 Å². The molecule has 0 saturated carbocycles. The maximum atomic E-state index is 13.0. The van der Waals surface area contributed by atoms with Gasteiger partial charge in [0.1, 0.15) is 0 Å². The topological polar surface area (TPSA) is 64.4 Å². The van der Waals surface area contributed by atoms with Crippen LogP contribution in [0.15, 0.2) is 30.3 Å². The van der Waals surface area contributed by atoms with Gasteiger partial charge in [0.15, 0.2) is 0 Å². The van der Waals surface area contributed by atoms with Crippen molar-refractivity contribution in [3.63, 3.8) is 0 Å². The molecular formula is C17H23N3O3S. The van der Waals surface area contributed by atoms with Crippen molar-refractivity contribution in [2.24, 2.45) is 7.05 Å². The summed E-state index contributed by atoms with van der Waals surface area (Å²) >= 11 is 0. The second kappa shape index (κ2) is 6.66. The molecule has 1 aromatic carbocycles. The van der Waals surface area contributed by atoms with Crippen LogP contribution in [0.2, 0.25) is 0 Å². The van der Waals surface area contributed by atoms with E-state index in [1.165, 1.54) is 0 Å². The van der Waals surface area contributed by atoms with Crippen LogP contribution in [0.3, 0.4) is 0 Å². The monoisotopic (exact) mass is 349 g/mol. The van der Waals surface area contributed by atoms with Crippen LogP contribution in [0.25, 0.3) is 0 Å². The lowest BCUT2D eigenvalue weighted by Gasteiger charge is -2.35. The summed E-state index contributed by atoms with van der Waals surface area (Å²) in [6, 6.07) is 8.96. The Bertz CT molecular complexity index is 815. The van der Waals surface area contributed by atoms with E-state index in [4.69, 9.17) is 4.74 Å². The van der Waals surface area contributed by atoms with Gasteiger partial charge in [0.05, 0.1) is 30.7 Å². The predicted octanol–water partition coefficient (Wildman–Crippen LogP) is 1.94. The Kier molecular flexibility index (Phi) is 4.76. The summed E-state index contributed by atoms with van der Waals surface area (Å²) in [6.07, 6.45) is 0. The van der Waals surface area contributed by atoms with Gasteiger partial charge in [-0.1, -0.05) is 30.3 Å². The molecule has 1 aliphatic heterocycles. The average Bonchev–Trinajstić information content (AvgIpc) is 2.80. The van der Waals surface area contributed by atoms with E-state index in [2.05, 4.69) is 5.10 Å².